The molecule has 0 aromatic rings. The van der Waals surface area contributed by atoms with Gasteiger partial charge in [0.2, 0.25) is 0 Å². The molecule has 0 aromatic heterocycles. The Morgan fingerprint density at radius 2 is 0.462 bits per heavy atom. The molecule has 0 radical (unpaired) electrons. The van der Waals surface area contributed by atoms with Crippen molar-refractivity contribution in [2.45, 2.75) is 206 Å². The van der Waals surface area contributed by atoms with Gasteiger partial charge in [0, 0.05) is 13.2 Å². The molecule has 0 saturated heterocycles. The maximum absolute atomic E-state index is 7.62. The molecule has 0 aliphatic rings. The molecule has 0 bridgehead atoms. The number of ether oxygens (including phenoxy) is 1. The van der Waals surface area contributed by atoms with Crippen LogP contribution in [0.15, 0.2) is 0 Å². The SMILES string of the molecule is CCCCCCCCCCCCCCCCCCOCCCCCCCCCCCCCCCC.OCCO. The maximum Gasteiger partial charge on any atom is 0.0662 e. The fraction of sp³-hybridized carbons (Fsp3) is 1.00. The first-order valence-corrected chi connectivity index (χ1v) is 18.1. The second-order valence-corrected chi connectivity index (χ2v) is 12.0. The van der Waals surface area contributed by atoms with Crippen molar-refractivity contribution in [3.8, 4) is 0 Å². The zero-order chi connectivity index (χ0) is 28.7. The van der Waals surface area contributed by atoms with Crippen molar-refractivity contribution in [3.63, 3.8) is 0 Å². The zero-order valence-corrected chi connectivity index (χ0v) is 27.3. The maximum atomic E-state index is 7.62. The standard InChI is InChI=1S/C34H70O.C2H6O2/c1-3-5-7-9-11-13-15-17-19-20-22-24-26-28-30-32-34-35-33-31-29-27-25-23-21-18-16-14-12-10-8-6-4-2;3-1-2-4/h3-34H2,1-2H3;3-4H,1-2H2. The third kappa shape index (κ3) is 45.1. The van der Waals surface area contributed by atoms with Crippen LogP contribution < -0.4 is 0 Å². The van der Waals surface area contributed by atoms with Crippen molar-refractivity contribution >= 4 is 0 Å². The Bertz CT molecular complexity index is 340. The van der Waals surface area contributed by atoms with Crippen molar-refractivity contribution in [2.24, 2.45) is 0 Å². The largest absolute Gasteiger partial charge is 0.394 e. The molecule has 0 aromatic carbocycles. The van der Waals surface area contributed by atoms with E-state index < -0.39 is 0 Å². The van der Waals surface area contributed by atoms with E-state index in [4.69, 9.17) is 14.9 Å². The lowest BCUT2D eigenvalue weighted by Crippen LogP contribution is -1.97. The van der Waals surface area contributed by atoms with Gasteiger partial charge < -0.3 is 14.9 Å². The molecule has 238 valence electrons. The Hall–Kier alpha value is -0.120. The molecule has 0 spiro atoms. The minimum Gasteiger partial charge on any atom is -0.394 e. The van der Waals surface area contributed by atoms with E-state index in [1.54, 1.807) is 0 Å². The minimum absolute atomic E-state index is 0.125. The monoisotopic (exact) mass is 557 g/mol. The van der Waals surface area contributed by atoms with Gasteiger partial charge >= 0.3 is 0 Å². The van der Waals surface area contributed by atoms with Crippen molar-refractivity contribution in [2.75, 3.05) is 26.4 Å². The Labute approximate surface area is 247 Å². The third-order valence-electron chi connectivity index (χ3n) is 7.88. The van der Waals surface area contributed by atoms with Gasteiger partial charge in [0.05, 0.1) is 13.2 Å². The van der Waals surface area contributed by atoms with Crippen molar-refractivity contribution in [3.05, 3.63) is 0 Å². The minimum atomic E-state index is -0.125. The summed E-state index contributed by atoms with van der Waals surface area (Å²) in [5.41, 5.74) is 0. The molecule has 0 atom stereocenters. The summed E-state index contributed by atoms with van der Waals surface area (Å²) >= 11 is 0. The average Bonchev–Trinajstić information content (AvgIpc) is 2.96. The van der Waals surface area contributed by atoms with Gasteiger partial charge in [0.15, 0.2) is 0 Å². The first-order valence-electron chi connectivity index (χ1n) is 18.1. The van der Waals surface area contributed by atoms with Crippen LogP contribution in [0.1, 0.15) is 206 Å². The molecule has 3 heteroatoms. The Morgan fingerprint density at radius 1 is 0.282 bits per heavy atom. The van der Waals surface area contributed by atoms with Crippen molar-refractivity contribution < 1.29 is 14.9 Å². The van der Waals surface area contributed by atoms with Crippen LogP contribution in [0.2, 0.25) is 0 Å². The fourth-order valence-corrected chi connectivity index (χ4v) is 5.25. The molecular formula is C36H76O3. The van der Waals surface area contributed by atoms with E-state index in [0.717, 1.165) is 13.2 Å². The van der Waals surface area contributed by atoms with E-state index in [1.165, 1.54) is 193 Å². The van der Waals surface area contributed by atoms with Crippen LogP contribution in [0, 0.1) is 0 Å². The number of hydrogen-bond acceptors (Lipinski definition) is 3. The van der Waals surface area contributed by atoms with Crippen LogP contribution in [0.3, 0.4) is 0 Å². The first kappa shape index (κ1) is 41.0. The van der Waals surface area contributed by atoms with Gasteiger partial charge in [0.25, 0.3) is 0 Å². The molecule has 0 aliphatic heterocycles. The van der Waals surface area contributed by atoms with Crippen LogP contribution in [-0.4, -0.2) is 36.6 Å². The predicted octanol–water partition coefficient (Wildman–Crippen LogP) is 11.7. The quantitative estimate of drug-likeness (QED) is 0.0790. The van der Waals surface area contributed by atoms with Gasteiger partial charge in [-0.3, -0.25) is 0 Å². The lowest BCUT2D eigenvalue weighted by molar-refractivity contribution is 0.125. The molecular weight excluding hydrogens is 480 g/mol. The van der Waals surface area contributed by atoms with Gasteiger partial charge in [-0.1, -0.05) is 194 Å². The lowest BCUT2D eigenvalue weighted by Gasteiger charge is -2.05. The normalized spacial score (nSPS) is 11.1. The molecule has 0 saturated carbocycles. The highest BCUT2D eigenvalue weighted by atomic mass is 16.5. The van der Waals surface area contributed by atoms with E-state index in [0.29, 0.717) is 0 Å². The second kappa shape index (κ2) is 42.3. The third-order valence-corrected chi connectivity index (χ3v) is 7.88. The summed E-state index contributed by atoms with van der Waals surface area (Å²) in [5.74, 6) is 0. The highest BCUT2D eigenvalue weighted by Gasteiger charge is 1.97. The number of unbranched alkanes of at least 4 members (excludes halogenated alkanes) is 28. The van der Waals surface area contributed by atoms with Gasteiger partial charge in [-0.25, -0.2) is 0 Å². The zero-order valence-electron chi connectivity index (χ0n) is 27.3. The topological polar surface area (TPSA) is 49.7 Å². The Morgan fingerprint density at radius 3 is 0.641 bits per heavy atom. The van der Waals surface area contributed by atoms with Crippen molar-refractivity contribution in [1.29, 1.82) is 0 Å². The molecule has 0 heterocycles. The smallest absolute Gasteiger partial charge is 0.0662 e. The first-order chi connectivity index (χ1) is 19.3. The molecule has 0 fully saturated rings. The van der Waals surface area contributed by atoms with Gasteiger partial charge in [0.1, 0.15) is 0 Å². The second-order valence-electron chi connectivity index (χ2n) is 12.0. The molecule has 39 heavy (non-hydrogen) atoms. The Balaban J connectivity index is 0. The fourth-order valence-electron chi connectivity index (χ4n) is 5.25. The van der Waals surface area contributed by atoms with Crippen LogP contribution >= 0.6 is 0 Å². The molecule has 3 nitrogen and oxygen atoms in total. The number of rotatable bonds is 33. The summed E-state index contributed by atoms with van der Waals surface area (Å²) in [5, 5.41) is 15.2. The number of aliphatic hydroxyl groups excluding tert-OH is 2. The van der Waals surface area contributed by atoms with E-state index in [1.807, 2.05) is 0 Å². The number of hydrogen-bond donors (Lipinski definition) is 2. The van der Waals surface area contributed by atoms with E-state index in [-0.39, 0.29) is 13.2 Å². The van der Waals surface area contributed by atoms with Gasteiger partial charge in [-0.15, -0.1) is 0 Å². The summed E-state index contributed by atoms with van der Waals surface area (Å²) < 4.78 is 5.86. The van der Waals surface area contributed by atoms with Crippen LogP contribution in [0.4, 0.5) is 0 Å². The van der Waals surface area contributed by atoms with Crippen LogP contribution in [0.5, 0.6) is 0 Å². The Kier molecular flexibility index (Phi) is 44.5. The highest BCUT2D eigenvalue weighted by Crippen LogP contribution is 2.15. The predicted molar refractivity (Wildman–Crippen MR) is 175 cm³/mol. The summed E-state index contributed by atoms with van der Waals surface area (Å²) in [6.45, 7) is 6.35. The van der Waals surface area contributed by atoms with Gasteiger partial charge in [-0.05, 0) is 12.8 Å². The van der Waals surface area contributed by atoms with E-state index >= 15 is 0 Å². The summed E-state index contributed by atoms with van der Waals surface area (Å²) in [6, 6.07) is 0. The highest BCUT2D eigenvalue weighted by molar-refractivity contribution is 4.51. The molecule has 0 aliphatic carbocycles. The van der Waals surface area contributed by atoms with Crippen molar-refractivity contribution in [1.82, 2.24) is 0 Å². The molecule has 0 unspecified atom stereocenters. The molecule has 0 rings (SSSR count). The van der Waals surface area contributed by atoms with Crippen LogP contribution in [0.25, 0.3) is 0 Å². The van der Waals surface area contributed by atoms with E-state index in [9.17, 15) is 0 Å². The summed E-state index contributed by atoms with van der Waals surface area (Å²) in [6.07, 6.45) is 43.0. The van der Waals surface area contributed by atoms with Crippen LogP contribution in [-0.2, 0) is 4.74 Å². The number of aliphatic hydroxyl groups is 2. The van der Waals surface area contributed by atoms with Gasteiger partial charge in [-0.2, -0.15) is 0 Å². The summed E-state index contributed by atoms with van der Waals surface area (Å²) in [4.78, 5) is 0. The lowest BCUT2D eigenvalue weighted by atomic mass is 10.0. The molecule has 0 amide bonds. The summed E-state index contributed by atoms with van der Waals surface area (Å²) in [7, 11) is 0. The average molecular weight is 557 g/mol. The molecule has 2 N–H and O–H groups in total. The van der Waals surface area contributed by atoms with E-state index in [2.05, 4.69) is 13.8 Å².